The third-order valence-corrected chi connectivity index (χ3v) is 8.81. The first-order valence-electron chi connectivity index (χ1n) is 10.6. The summed E-state index contributed by atoms with van der Waals surface area (Å²) in [4.78, 5) is 14.1. The number of hydrogen-bond donors (Lipinski definition) is 2. The minimum absolute atomic E-state index is 0.0379. The van der Waals surface area contributed by atoms with Crippen molar-refractivity contribution in [3.05, 3.63) is 12.2 Å². The van der Waals surface area contributed by atoms with Crippen LogP contribution >= 0.6 is 0 Å². The van der Waals surface area contributed by atoms with Crippen LogP contribution in [0.4, 0.5) is 0 Å². The number of carbonyl (C=O) groups excluding carboxylic acids is 1. The zero-order valence-electron chi connectivity index (χ0n) is 16.9. The Balaban J connectivity index is 1.64. The lowest BCUT2D eigenvalue weighted by Gasteiger charge is -2.60. The summed E-state index contributed by atoms with van der Waals surface area (Å²) in [6.45, 7) is 4.64. The summed E-state index contributed by atoms with van der Waals surface area (Å²) in [5.74, 6) is 7.92. The molecule has 4 nitrogen and oxygen atoms in total. The summed E-state index contributed by atoms with van der Waals surface area (Å²) in [5, 5.41) is 20.4. The fourth-order valence-corrected chi connectivity index (χ4v) is 7.22. The SMILES string of the molecule is CN1C(=O)C=C[C@]2(C)C3CC[C@@]4(C)C(CC[C@@]4(O)C#CCCO)C3CCC12. The highest BCUT2D eigenvalue weighted by atomic mass is 16.3. The van der Waals surface area contributed by atoms with Crippen LogP contribution < -0.4 is 0 Å². The molecule has 0 spiro atoms. The first-order valence-corrected chi connectivity index (χ1v) is 10.6. The molecule has 0 bridgehead atoms. The number of likely N-dealkylation sites (N-methyl/N-ethyl adjacent to an activating group) is 1. The predicted octanol–water partition coefficient (Wildman–Crippen LogP) is 2.74. The molecule has 2 N–H and O–H groups in total. The van der Waals surface area contributed by atoms with E-state index in [4.69, 9.17) is 5.11 Å². The summed E-state index contributed by atoms with van der Waals surface area (Å²) in [7, 11) is 1.95. The topological polar surface area (TPSA) is 60.8 Å². The van der Waals surface area contributed by atoms with E-state index in [0.29, 0.717) is 30.2 Å². The molecular weight excluding hydrogens is 338 g/mol. The van der Waals surface area contributed by atoms with Gasteiger partial charge >= 0.3 is 0 Å². The van der Waals surface area contributed by atoms with Crippen LogP contribution in [0.2, 0.25) is 0 Å². The normalized spacial score (nSPS) is 48.3. The molecule has 1 heterocycles. The standard InChI is InChI=1S/C23H33NO3/c1-21-12-10-20(26)24(3)19(21)7-6-16-17(21)8-13-22(2)18(16)9-14-23(22,27)11-4-5-15-25/h10,12,16-19,25,27H,5-9,13-15H2,1-3H3/t16?,17?,18?,19?,21-,22+,23+/m1/s1. The van der Waals surface area contributed by atoms with E-state index in [9.17, 15) is 9.90 Å². The Bertz CT molecular complexity index is 721. The summed E-state index contributed by atoms with van der Waals surface area (Å²) >= 11 is 0. The molecule has 4 heteroatoms. The van der Waals surface area contributed by atoms with E-state index in [1.807, 2.05) is 11.9 Å². The van der Waals surface area contributed by atoms with Gasteiger partial charge in [-0.1, -0.05) is 31.8 Å². The van der Waals surface area contributed by atoms with Gasteiger partial charge in [0.25, 0.3) is 0 Å². The van der Waals surface area contributed by atoms with Crippen LogP contribution in [0.1, 0.15) is 58.8 Å². The molecule has 1 aliphatic heterocycles. The van der Waals surface area contributed by atoms with Gasteiger partial charge in [-0.2, -0.15) is 0 Å². The Kier molecular flexibility index (Phi) is 4.48. The zero-order chi connectivity index (χ0) is 19.4. The van der Waals surface area contributed by atoms with Gasteiger partial charge in [-0.05, 0) is 62.4 Å². The quantitative estimate of drug-likeness (QED) is 0.697. The molecule has 0 saturated heterocycles. The molecule has 3 aliphatic carbocycles. The lowest BCUT2D eigenvalue weighted by molar-refractivity contribution is -0.143. The smallest absolute Gasteiger partial charge is 0.246 e. The molecule has 1 amide bonds. The second-order valence-corrected chi connectivity index (χ2v) is 9.75. The average molecular weight is 372 g/mol. The van der Waals surface area contributed by atoms with Crippen molar-refractivity contribution in [1.82, 2.24) is 4.90 Å². The Morgan fingerprint density at radius 1 is 1.19 bits per heavy atom. The molecule has 0 aromatic carbocycles. The maximum absolute atomic E-state index is 12.2. The monoisotopic (exact) mass is 371 g/mol. The molecule has 0 aromatic rings. The van der Waals surface area contributed by atoms with Gasteiger partial charge in [-0.3, -0.25) is 4.79 Å². The van der Waals surface area contributed by atoms with Gasteiger partial charge in [-0.15, -0.1) is 0 Å². The van der Waals surface area contributed by atoms with Crippen molar-refractivity contribution < 1.29 is 15.0 Å². The number of aliphatic hydroxyl groups excluding tert-OH is 1. The number of amides is 1. The summed E-state index contributed by atoms with van der Waals surface area (Å²) in [6, 6.07) is 0.297. The van der Waals surface area contributed by atoms with E-state index in [1.165, 1.54) is 0 Å². The second kappa shape index (κ2) is 6.36. The lowest BCUT2D eigenvalue weighted by Crippen LogP contribution is -2.60. The maximum Gasteiger partial charge on any atom is 0.246 e. The lowest BCUT2D eigenvalue weighted by atomic mass is 9.47. The van der Waals surface area contributed by atoms with Crippen molar-refractivity contribution in [3.63, 3.8) is 0 Å². The summed E-state index contributed by atoms with van der Waals surface area (Å²) < 4.78 is 0. The van der Waals surface area contributed by atoms with Gasteiger partial charge in [-0.25, -0.2) is 0 Å². The number of hydrogen-bond acceptors (Lipinski definition) is 3. The fraction of sp³-hybridized carbons (Fsp3) is 0.783. The molecule has 3 saturated carbocycles. The highest BCUT2D eigenvalue weighted by Crippen LogP contribution is 2.66. The Morgan fingerprint density at radius 2 is 1.93 bits per heavy atom. The van der Waals surface area contributed by atoms with Crippen LogP contribution in [0, 0.1) is 40.4 Å². The van der Waals surface area contributed by atoms with E-state index in [0.717, 1.165) is 38.5 Å². The third-order valence-electron chi connectivity index (χ3n) is 8.81. The molecule has 4 aliphatic rings. The highest BCUT2D eigenvalue weighted by molar-refractivity contribution is 5.89. The van der Waals surface area contributed by atoms with E-state index in [2.05, 4.69) is 31.8 Å². The van der Waals surface area contributed by atoms with Gasteiger partial charge < -0.3 is 15.1 Å². The van der Waals surface area contributed by atoms with E-state index in [1.54, 1.807) is 6.08 Å². The van der Waals surface area contributed by atoms with Crippen molar-refractivity contribution in [3.8, 4) is 11.8 Å². The number of rotatable bonds is 1. The number of carbonyl (C=O) groups is 1. The maximum atomic E-state index is 12.2. The minimum Gasteiger partial charge on any atom is -0.395 e. The molecule has 27 heavy (non-hydrogen) atoms. The Morgan fingerprint density at radius 3 is 2.67 bits per heavy atom. The van der Waals surface area contributed by atoms with Crippen molar-refractivity contribution in [1.29, 1.82) is 0 Å². The highest BCUT2D eigenvalue weighted by Gasteiger charge is 2.64. The van der Waals surface area contributed by atoms with E-state index in [-0.39, 0.29) is 23.3 Å². The van der Waals surface area contributed by atoms with Gasteiger partial charge in [0.1, 0.15) is 5.60 Å². The molecule has 0 radical (unpaired) electrons. The molecule has 148 valence electrons. The van der Waals surface area contributed by atoms with Gasteiger partial charge in [0.15, 0.2) is 0 Å². The average Bonchev–Trinajstić information content (AvgIpc) is 2.90. The first-order chi connectivity index (χ1) is 12.8. The molecule has 3 fully saturated rings. The van der Waals surface area contributed by atoms with E-state index >= 15 is 0 Å². The molecular formula is C23H33NO3. The van der Waals surface area contributed by atoms with Crippen LogP contribution in [0.25, 0.3) is 0 Å². The van der Waals surface area contributed by atoms with Crippen molar-refractivity contribution in [2.75, 3.05) is 13.7 Å². The van der Waals surface area contributed by atoms with Gasteiger partial charge in [0.05, 0.1) is 6.61 Å². The minimum atomic E-state index is -0.926. The summed E-state index contributed by atoms with van der Waals surface area (Å²) in [6.07, 6.45) is 10.4. The van der Waals surface area contributed by atoms with Crippen LogP contribution in [0.3, 0.4) is 0 Å². The number of aliphatic hydroxyl groups is 2. The fourth-order valence-electron chi connectivity index (χ4n) is 7.22. The van der Waals surface area contributed by atoms with Crippen LogP contribution in [0.15, 0.2) is 12.2 Å². The molecule has 7 atom stereocenters. The number of nitrogens with zero attached hydrogens (tertiary/aromatic N) is 1. The zero-order valence-corrected chi connectivity index (χ0v) is 16.9. The molecule has 4 rings (SSSR count). The van der Waals surface area contributed by atoms with Gasteiger partial charge in [0.2, 0.25) is 5.91 Å². The largest absolute Gasteiger partial charge is 0.395 e. The molecule has 4 unspecified atom stereocenters. The van der Waals surface area contributed by atoms with Crippen LogP contribution in [-0.4, -0.2) is 46.3 Å². The Labute approximate surface area is 163 Å². The third kappa shape index (κ3) is 2.54. The Hall–Kier alpha value is -1.31. The molecule has 0 aromatic heterocycles. The van der Waals surface area contributed by atoms with Crippen molar-refractivity contribution >= 4 is 5.91 Å². The van der Waals surface area contributed by atoms with Crippen LogP contribution in [0.5, 0.6) is 0 Å². The van der Waals surface area contributed by atoms with Gasteiger partial charge in [0, 0.05) is 30.3 Å². The van der Waals surface area contributed by atoms with Crippen molar-refractivity contribution in [2.45, 2.75) is 70.4 Å². The predicted molar refractivity (Wildman–Crippen MR) is 105 cm³/mol. The number of fused-ring (bicyclic) bond motifs is 5. The first kappa shape index (κ1) is 19.0. The summed E-state index contributed by atoms with van der Waals surface area (Å²) in [5.41, 5.74) is -1.05. The van der Waals surface area contributed by atoms with Crippen LogP contribution in [-0.2, 0) is 4.79 Å². The second-order valence-electron chi connectivity index (χ2n) is 9.75. The van der Waals surface area contributed by atoms with Crippen molar-refractivity contribution in [2.24, 2.45) is 28.6 Å². The van der Waals surface area contributed by atoms with E-state index < -0.39 is 5.60 Å².